The second-order valence-corrected chi connectivity index (χ2v) is 4.91. The van der Waals surface area contributed by atoms with Crippen molar-refractivity contribution < 1.29 is 0 Å². The van der Waals surface area contributed by atoms with E-state index >= 15 is 0 Å². The summed E-state index contributed by atoms with van der Waals surface area (Å²) in [7, 11) is 0. The van der Waals surface area contributed by atoms with Gasteiger partial charge in [-0.3, -0.25) is 4.98 Å². The van der Waals surface area contributed by atoms with E-state index in [1.165, 1.54) is 5.56 Å². The first-order valence-corrected chi connectivity index (χ1v) is 6.68. The van der Waals surface area contributed by atoms with Gasteiger partial charge in [-0.2, -0.15) is 0 Å². The van der Waals surface area contributed by atoms with Gasteiger partial charge in [-0.15, -0.1) is 11.3 Å². The predicted molar refractivity (Wildman–Crippen MR) is 74.6 cm³/mol. The third-order valence-electron chi connectivity index (χ3n) is 2.69. The normalized spacial score (nSPS) is 10.4. The minimum atomic E-state index is 0.887. The molecule has 1 aromatic carbocycles. The summed E-state index contributed by atoms with van der Waals surface area (Å²) in [4.78, 5) is 8.78. The molecule has 2 aromatic heterocycles. The summed E-state index contributed by atoms with van der Waals surface area (Å²) in [5.74, 6) is 0. The molecule has 0 unspecified atom stereocenters. The van der Waals surface area contributed by atoms with Crippen LogP contribution in [0.5, 0.6) is 0 Å². The van der Waals surface area contributed by atoms with Gasteiger partial charge in [0, 0.05) is 29.8 Å². The van der Waals surface area contributed by atoms with Gasteiger partial charge in [-0.1, -0.05) is 30.3 Å². The fourth-order valence-electron chi connectivity index (χ4n) is 1.82. The molecule has 88 valence electrons. The van der Waals surface area contributed by atoms with E-state index < -0.39 is 0 Å². The molecule has 0 saturated carbocycles. The van der Waals surface area contributed by atoms with Crippen molar-refractivity contribution in [3.63, 3.8) is 0 Å². The molecular formula is C15H12N2S. The summed E-state index contributed by atoms with van der Waals surface area (Å²) in [5.41, 5.74) is 3.49. The second kappa shape index (κ2) is 5.10. The van der Waals surface area contributed by atoms with Crippen LogP contribution < -0.4 is 0 Å². The smallest absolute Gasteiger partial charge is 0.125 e. The quantitative estimate of drug-likeness (QED) is 0.708. The highest BCUT2D eigenvalue weighted by Gasteiger charge is 2.05. The Labute approximate surface area is 110 Å². The number of benzene rings is 1. The number of thiazole rings is 1. The van der Waals surface area contributed by atoms with Crippen LogP contribution in [0.15, 0.2) is 60.2 Å². The maximum Gasteiger partial charge on any atom is 0.125 e. The van der Waals surface area contributed by atoms with E-state index in [0.717, 1.165) is 22.7 Å². The first-order valence-electron chi connectivity index (χ1n) is 5.80. The molecule has 0 spiro atoms. The Morgan fingerprint density at radius 1 is 1.00 bits per heavy atom. The van der Waals surface area contributed by atoms with Gasteiger partial charge in [0.2, 0.25) is 0 Å². The van der Waals surface area contributed by atoms with Gasteiger partial charge in [0.15, 0.2) is 0 Å². The minimum Gasteiger partial charge on any atom is -0.264 e. The maximum absolute atomic E-state index is 4.65. The number of hydrogen-bond acceptors (Lipinski definition) is 3. The fraction of sp³-hybridized carbons (Fsp3) is 0.0667. The Hall–Kier alpha value is -2.00. The highest BCUT2D eigenvalue weighted by molar-refractivity contribution is 7.13. The molecule has 3 aromatic rings. The van der Waals surface area contributed by atoms with Crippen LogP contribution in [-0.4, -0.2) is 9.97 Å². The van der Waals surface area contributed by atoms with Crippen LogP contribution in [0.2, 0.25) is 0 Å². The predicted octanol–water partition coefficient (Wildman–Crippen LogP) is 3.80. The molecule has 0 radical (unpaired) electrons. The van der Waals surface area contributed by atoms with Crippen LogP contribution in [0.3, 0.4) is 0 Å². The number of hydrogen-bond donors (Lipinski definition) is 0. The number of nitrogens with zero attached hydrogens (tertiary/aromatic N) is 2. The first-order chi connectivity index (χ1) is 8.92. The summed E-state index contributed by atoms with van der Waals surface area (Å²) in [5, 5.41) is 3.16. The van der Waals surface area contributed by atoms with Crippen molar-refractivity contribution in [2.24, 2.45) is 0 Å². The summed E-state index contributed by atoms with van der Waals surface area (Å²) in [6.45, 7) is 0. The topological polar surface area (TPSA) is 25.8 Å². The first kappa shape index (κ1) is 11.1. The van der Waals surface area contributed by atoms with Crippen LogP contribution in [0, 0.1) is 0 Å². The summed E-state index contributed by atoms with van der Waals surface area (Å²) in [6, 6.07) is 14.4. The monoisotopic (exact) mass is 252 g/mol. The molecule has 0 aliphatic carbocycles. The number of aromatic nitrogens is 2. The Bertz CT molecular complexity index is 617. The van der Waals surface area contributed by atoms with Crippen LogP contribution in [0.1, 0.15) is 11.3 Å². The zero-order valence-electron chi connectivity index (χ0n) is 9.78. The summed E-state index contributed by atoms with van der Waals surface area (Å²) >= 11 is 1.67. The van der Waals surface area contributed by atoms with Gasteiger partial charge in [-0.05, 0) is 17.7 Å². The van der Waals surface area contributed by atoms with Gasteiger partial charge >= 0.3 is 0 Å². The van der Waals surface area contributed by atoms with Gasteiger partial charge in [0.25, 0.3) is 0 Å². The largest absolute Gasteiger partial charge is 0.264 e. The standard InChI is InChI=1S/C15H12N2S/c1-2-5-12(6-3-1)9-14-11-18-15(17-14)13-7-4-8-16-10-13/h1-8,10-11H,9H2. The van der Waals surface area contributed by atoms with E-state index in [9.17, 15) is 0 Å². The van der Waals surface area contributed by atoms with Crippen molar-refractivity contribution in [1.29, 1.82) is 0 Å². The van der Waals surface area contributed by atoms with Crippen molar-refractivity contribution in [1.82, 2.24) is 9.97 Å². The Morgan fingerprint density at radius 3 is 2.67 bits per heavy atom. The van der Waals surface area contributed by atoms with E-state index in [1.807, 2.05) is 24.4 Å². The highest BCUT2D eigenvalue weighted by atomic mass is 32.1. The molecule has 0 atom stereocenters. The molecule has 0 bridgehead atoms. The number of rotatable bonds is 3. The molecule has 0 saturated heterocycles. The Balaban J connectivity index is 1.82. The van der Waals surface area contributed by atoms with Crippen molar-refractivity contribution >= 4 is 11.3 Å². The third-order valence-corrected chi connectivity index (χ3v) is 3.63. The van der Waals surface area contributed by atoms with Crippen LogP contribution in [0.25, 0.3) is 10.6 Å². The Kier molecular flexibility index (Phi) is 3.15. The maximum atomic E-state index is 4.65. The molecule has 0 aliphatic heterocycles. The number of pyridine rings is 1. The molecule has 3 rings (SSSR count). The molecule has 0 amide bonds. The molecule has 0 aliphatic rings. The van der Waals surface area contributed by atoms with Crippen molar-refractivity contribution in [2.45, 2.75) is 6.42 Å². The molecule has 3 heteroatoms. The molecule has 0 fully saturated rings. The lowest BCUT2D eigenvalue weighted by Crippen LogP contribution is -1.87. The Morgan fingerprint density at radius 2 is 1.89 bits per heavy atom. The zero-order valence-corrected chi connectivity index (χ0v) is 10.6. The lowest BCUT2D eigenvalue weighted by atomic mass is 10.1. The fourth-order valence-corrected chi connectivity index (χ4v) is 2.63. The van der Waals surface area contributed by atoms with Gasteiger partial charge < -0.3 is 0 Å². The van der Waals surface area contributed by atoms with Crippen molar-refractivity contribution in [2.75, 3.05) is 0 Å². The van der Waals surface area contributed by atoms with Crippen LogP contribution in [0.4, 0.5) is 0 Å². The molecule has 0 N–H and O–H groups in total. The molecular weight excluding hydrogens is 240 g/mol. The van der Waals surface area contributed by atoms with E-state index in [0.29, 0.717) is 0 Å². The van der Waals surface area contributed by atoms with E-state index in [4.69, 9.17) is 0 Å². The van der Waals surface area contributed by atoms with Gasteiger partial charge in [0.1, 0.15) is 5.01 Å². The highest BCUT2D eigenvalue weighted by Crippen LogP contribution is 2.23. The third kappa shape index (κ3) is 2.46. The summed E-state index contributed by atoms with van der Waals surface area (Å²) < 4.78 is 0. The molecule has 2 heterocycles. The van der Waals surface area contributed by atoms with Crippen molar-refractivity contribution in [3.8, 4) is 10.6 Å². The van der Waals surface area contributed by atoms with Gasteiger partial charge in [0.05, 0.1) is 5.69 Å². The average Bonchev–Trinajstić information content (AvgIpc) is 2.89. The summed E-state index contributed by atoms with van der Waals surface area (Å²) in [6.07, 6.45) is 4.52. The molecule has 2 nitrogen and oxygen atoms in total. The second-order valence-electron chi connectivity index (χ2n) is 4.05. The average molecular weight is 252 g/mol. The van der Waals surface area contributed by atoms with Crippen LogP contribution >= 0.6 is 11.3 Å². The van der Waals surface area contributed by atoms with Crippen molar-refractivity contribution in [3.05, 3.63) is 71.5 Å². The van der Waals surface area contributed by atoms with Gasteiger partial charge in [-0.25, -0.2) is 4.98 Å². The van der Waals surface area contributed by atoms with Crippen LogP contribution in [-0.2, 0) is 6.42 Å². The minimum absolute atomic E-state index is 0.887. The lowest BCUT2D eigenvalue weighted by molar-refractivity contribution is 1.11. The SMILES string of the molecule is c1ccc(Cc2csc(-c3cccnc3)n2)cc1. The lowest BCUT2D eigenvalue weighted by Gasteiger charge is -1.97. The van der Waals surface area contributed by atoms with E-state index in [1.54, 1.807) is 17.5 Å². The van der Waals surface area contributed by atoms with E-state index in [-0.39, 0.29) is 0 Å². The zero-order chi connectivity index (χ0) is 12.2. The van der Waals surface area contributed by atoms with E-state index in [2.05, 4.69) is 39.6 Å². The molecule has 18 heavy (non-hydrogen) atoms.